The van der Waals surface area contributed by atoms with E-state index in [1.54, 1.807) is 4.68 Å². The van der Waals surface area contributed by atoms with Gasteiger partial charge in [-0.2, -0.15) is 4.68 Å². The van der Waals surface area contributed by atoms with E-state index in [4.69, 9.17) is 5.73 Å². The van der Waals surface area contributed by atoms with Gasteiger partial charge >= 0.3 is 0 Å². The lowest BCUT2D eigenvalue weighted by molar-refractivity contribution is 0.686. The molecule has 6 heteroatoms. The zero-order chi connectivity index (χ0) is 14.7. The van der Waals surface area contributed by atoms with Crippen molar-refractivity contribution in [2.24, 2.45) is 5.73 Å². The van der Waals surface area contributed by atoms with E-state index in [2.05, 4.69) is 53.3 Å². The van der Waals surface area contributed by atoms with Crippen molar-refractivity contribution in [1.82, 2.24) is 20.2 Å². The lowest BCUT2D eigenvalue weighted by atomic mass is 10.1. The van der Waals surface area contributed by atoms with Gasteiger partial charge in [0.15, 0.2) is 5.82 Å². The van der Waals surface area contributed by atoms with Crippen LogP contribution >= 0.6 is 0 Å². The molecule has 20 heavy (non-hydrogen) atoms. The molecule has 0 amide bonds. The third kappa shape index (κ3) is 2.65. The molecule has 0 saturated carbocycles. The van der Waals surface area contributed by atoms with Crippen molar-refractivity contribution >= 4 is 5.69 Å². The van der Waals surface area contributed by atoms with Crippen LogP contribution in [0.2, 0.25) is 0 Å². The first kappa shape index (κ1) is 14.5. The van der Waals surface area contributed by atoms with Gasteiger partial charge in [0.05, 0.1) is 11.7 Å². The van der Waals surface area contributed by atoms with Crippen LogP contribution in [0.3, 0.4) is 0 Å². The Kier molecular flexibility index (Phi) is 4.34. The lowest BCUT2D eigenvalue weighted by Crippen LogP contribution is -2.22. The van der Waals surface area contributed by atoms with Gasteiger partial charge in [0.1, 0.15) is 0 Å². The molecule has 1 unspecified atom stereocenters. The van der Waals surface area contributed by atoms with Gasteiger partial charge in [-0.15, -0.1) is 5.10 Å². The van der Waals surface area contributed by atoms with Crippen LogP contribution in [-0.2, 0) is 0 Å². The van der Waals surface area contributed by atoms with Crippen LogP contribution in [0.25, 0.3) is 5.69 Å². The first-order chi connectivity index (χ1) is 9.58. The third-order valence-corrected chi connectivity index (χ3v) is 3.44. The summed E-state index contributed by atoms with van der Waals surface area (Å²) in [6, 6.07) is 6.11. The van der Waals surface area contributed by atoms with Gasteiger partial charge in [0.25, 0.3) is 0 Å². The van der Waals surface area contributed by atoms with E-state index in [1.807, 2.05) is 13.0 Å². The minimum Gasteiger partial charge on any atom is -0.372 e. The second kappa shape index (κ2) is 6.00. The molecule has 0 saturated heterocycles. The summed E-state index contributed by atoms with van der Waals surface area (Å²) < 4.78 is 1.71. The molecule has 0 bridgehead atoms. The minimum absolute atomic E-state index is 0.202. The molecule has 2 rings (SSSR count). The molecule has 2 aromatic rings. The average Bonchev–Trinajstić information content (AvgIpc) is 2.89. The van der Waals surface area contributed by atoms with Crippen molar-refractivity contribution in [3.63, 3.8) is 0 Å². The summed E-state index contributed by atoms with van der Waals surface area (Å²) in [5, 5.41) is 11.8. The van der Waals surface area contributed by atoms with Crippen LogP contribution < -0.4 is 10.6 Å². The Morgan fingerprint density at radius 2 is 2.00 bits per heavy atom. The van der Waals surface area contributed by atoms with Gasteiger partial charge < -0.3 is 10.6 Å². The normalized spacial score (nSPS) is 12.4. The molecule has 108 valence electrons. The van der Waals surface area contributed by atoms with Gasteiger partial charge in [-0.05, 0) is 61.9 Å². The number of hydrogen-bond acceptors (Lipinski definition) is 5. The Hall–Kier alpha value is -1.95. The minimum atomic E-state index is -0.202. The molecule has 1 aromatic heterocycles. The average molecular weight is 274 g/mol. The molecular weight excluding hydrogens is 252 g/mol. The fourth-order valence-corrected chi connectivity index (χ4v) is 2.31. The van der Waals surface area contributed by atoms with E-state index in [0.29, 0.717) is 5.82 Å². The molecule has 2 N–H and O–H groups in total. The van der Waals surface area contributed by atoms with Crippen LogP contribution in [0.1, 0.15) is 38.2 Å². The number of tetrazole rings is 1. The SMILES string of the molecule is CCN(CC)c1ccc(-n2nnnc2C(C)N)c(C)c1. The van der Waals surface area contributed by atoms with Crippen molar-refractivity contribution in [3.05, 3.63) is 29.6 Å². The van der Waals surface area contributed by atoms with E-state index in [-0.39, 0.29) is 6.04 Å². The zero-order valence-electron chi connectivity index (χ0n) is 12.5. The first-order valence-electron chi connectivity index (χ1n) is 6.98. The second-order valence-corrected chi connectivity index (χ2v) is 4.88. The van der Waals surface area contributed by atoms with E-state index in [1.165, 1.54) is 5.69 Å². The molecule has 0 aliphatic heterocycles. The van der Waals surface area contributed by atoms with Gasteiger partial charge in [-0.25, -0.2) is 0 Å². The molecule has 0 aliphatic rings. The molecule has 1 heterocycles. The fourth-order valence-electron chi connectivity index (χ4n) is 2.31. The highest BCUT2D eigenvalue weighted by Crippen LogP contribution is 2.22. The number of nitrogens with two attached hydrogens (primary N) is 1. The van der Waals surface area contributed by atoms with Crippen molar-refractivity contribution in [2.45, 2.75) is 33.7 Å². The number of aromatic nitrogens is 4. The number of benzene rings is 1. The number of anilines is 1. The lowest BCUT2D eigenvalue weighted by Gasteiger charge is -2.22. The summed E-state index contributed by atoms with van der Waals surface area (Å²) in [5.41, 5.74) is 9.21. The van der Waals surface area contributed by atoms with Crippen LogP contribution in [-0.4, -0.2) is 33.3 Å². The predicted octanol–water partition coefficient (Wildman–Crippen LogP) is 1.84. The molecular formula is C14H22N6. The Morgan fingerprint density at radius 1 is 1.30 bits per heavy atom. The van der Waals surface area contributed by atoms with Gasteiger partial charge in [-0.3, -0.25) is 0 Å². The predicted molar refractivity (Wildman–Crippen MR) is 80.1 cm³/mol. The van der Waals surface area contributed by atoms with E-state index in [0.717, 1.165) is 24.3 Å². The smallest absolute Gasteiger partial charge is 0.173 e. The summed E-state index contributed by atoms with van der Waals surface area (Å²) in [6.07, 6.45) is 0. The molecule has 6 nitrogen and oxygen atoms in total. The molecule has 0 spiro atoms. The Balaban J connectivity index is 2.42. The Labute approximate surface area is 119 Å². The summed E-state index contributed by atoms with van der Waals surface area (Å²) in [5.74, 6) is 0.670. The van der Waals surface area contributed by atoms with Crippen LogP contribution in [0, 0.1) is 6.92 Å². The quantitative estimate of drug-likeness (QED) is 0.900. The highest BCUT2D eigenvalue weighted by atomic mass is 15.5. The number of nitrogens with zero attached hydrogens (tertiary/aromatic N) is 5. The molecule has 1 aromatic carbocycles. The van der Waals surface area contributed by atoms with Crippen molar-refractivity contribution < 1.29 is 0 Å². The molecule has 1 atom stereocenters. The third-order valence-electron chi connectivity index (χ3n) is 3.44. The number of aryl methyl sites for hydroxylation is 1. The second-order valence-electron chi connectivity index (χ2n) is 4.88. The van der Waals surface area contributed by atoms with E-state index in [9.17, 15) is 0 Å². The standard InChI is InChI=1S/C14H22N6/c1-5-19(6-2)12-7-8-13(10(3)9-12)20-14(11(4)15)16-17-18-20/h7-9,11H,5-6,15H2,1-4H3. The maximum Gasteiger partial charge on any atom is 0.173 e. The monoisotopic (exact) mass is 274 g/mol. The highest BCUT2D eigenvalue weighted by Gasteiger charge is 2.14. The van der Waals surface area contributed by atoms with Crippen molar-refractivity contribution in [3.8, 4) is 5.69 Å². The summed E-state index contributed by atoms with van der Waals surface area (Å²) in [4.78, 5) is 2.31. The zero-order valence-corrected chi connectivity index (χ0v) is 12.5. The fraction of sp³-hybridized carbons (Fsp3) is 0.500. The van der Waals surface area contributed by atoms with Gasteiger partial charge in [-0.1, -0.05) is 0 Å². The number of hydrogen-bond donors (Lipinski definition) is 1. The summed E-state index contributed by atoms with van der Waals surface area (Å²) >= 11 is 0. The molecule has 0 aliphatic carbocycles. The highest BCUT2D eigenvalue weighted by molar-refractivity contribution is 5.55. The van der Waals surface area contributed by atoms with Crippen molar-refractivity contribution in [2.75, 3.05) is 18.0 Å². The molecule has 0 radical (unpaired) electrons. The first-order valence-corrected chi connectivity index (χ1v) is 6.98. The van der Waals surface area contributed by atoms with Crippen LogP contribution in [0.4, 0.5) is 5.69 Å². The number of rotatable bonds is 5. The maximum absolute atomic E-state index is 5.90. The van der Waals surface area contributed by atoms with Gasteiger partial charge in [0, 0.05) is 18.8 Å². The van der Waals surface area contributed by atoms with Crippen LogP contribution in [0.5, 0.6) is 0 Å². The van der Waals surface area contributed by atoms with Gasteiger partial charge in [0.2, 0.25) is 0 Å². The van der Waals surface area contributed by atoms with Crippen molar-refractivity contribution in [1.29, 1.82) is 0 Å². The summed E-state index contributed by atoms with van der Waals surface area (Å²) in [6.45, 7) is 10.2. The summed E-state index contributed by atoms with van der Waals surface area (Å²) in [7, 11) is 0. The van der Waals surface area contributed by atoms with Crippen LogP contribution in [0.15, 0.2) is 18.2 Å². The Bertz CT molecular complexity index is 571. The Morgan fingerprint density at radius 3 is 2.55 bits per heavy atom. The molecule has 0 fully saturated rings. The topological polar surface area (TPSA) is 72.9 Å². The van der Waals surface area contributed by atoms with E-state index >= 15 is 0 Å². The maximum atomic E-state index is 5.90. The van der Waals surface area contributed by atoms with E-state index < -0.39 is 0 Å². The largest absolute Gasteiger partial charge is 0.372 e.